The Hall–Kier alpha value is -1.74. The molecule has 1 heterocycles. The first-order valence-corrected chi connectivity index (χ1v) is 4.79. The number of rotatable bonds is 3. The van der Waals surface area contributed by atoms with Crippen molar-refractivity contribution in [2.24, 2.45) is 5.73 Å². The van der Waals surface area contributed by atoms with E-state index in [0.29, 0.717) is 0 Å². The average Bonchev–Trinajstić information content (AvgIpc) is 2.70. The lowest BCUT2D eigenvalue weighted by molar-refractivity contribution is 0.415. The third-order valence-electron chi connectivity index (χ3n) is 2.53. The molecule has 2 rings (SSSR count). The van der Waals surface area contributed by atoms with Gasteiger partial charge in [-0.1, -0.05) is 6.08 Å². The molecule has 1 aromatic carbocycles. The fourth-order valence-corrected chi connectivity index (χ4v) is 1.65. The Morgan fingerprint density at radius 1 is 1.53 bits per heavy atom. The van der Waals surface area contributed by atoms with Gasteiger partial charge in [-0.15, -0.1) is 6.58 Å². The molecule has 3 N–H and O–H groups in total. The second kappa shape index (κ2) is 3.79. The number of benzene rings is 1. The summed E-state index contributed by atoms with van der Waals surface area (Å²) < 4.78 is 5.18. The monoisotopic (exact) mass is 202 g/mol. The number of H-pyrrole nitrogens is 1. The number of fused-ring (bicyclic) bond motifs is 1. The first kappa shape index (κ1) is 9.80. The van der Waals surface area contributed by atoms with Crippen LogP contribution in [-0.2, 0) is 0 Å². The standard InChI is InChI=1S/C12H14N2O/c1-3-11(13)10-7-14-12-5-4-8(15-2)6-9(10)12/h3-7,11,14H,1,13H2,2H3/t11-/m0/s1. The average molecular weight is 202 g/mol. The van der Waals surface area contributed by atoms with Gasteiger partial charge in [0, 0.05) is 23.1 Å². The number of methoxy groups -OCH3 is 1. The van der Waals surface area contributed by atoms with E-state index in [2.05, 4.69) is 11.6 Å². The van der Waals surface area contributed by atoms with Gasteiger partial charge in [0.2, 0.25) is 0 Å². The highest BCUT2D eigenvalue weighted by molar-refractivity contribution is 5.85. The van der Waals surface area contributed by atoms with Crippen LogP contribution in [0.5, 0.6) is 5.75 Å². The predicted octanol–water partition coefficient (Wildman–Crippen LogP) is 2.36. The molecule has 0 saturated carbocycles. The highest BCUT2D eigenvalue weighted by Crippen LogP contribution is 2.26. The van der Waals surface area contributed by atoms with Gasteiger partial charge >= 0.3 is 0 Å². The summed E-state index contributed by atoms with van der Waals surface area (Å²) in [7, 11) is 1.65. The summed E-state index contributed by atoms with van der Waals surface area (Å²) in [6.07, 6.45) is 3.64. The third kappa shape index (κ3) is 1.62. The fraction of sp³-hybridized carbons (Fsp3) is 0.167. The summed E-state index contributed by atoms with van der Waals surface area (Å²) in [5, 5.41) is 1.08. The first-order valence-electron chi connectivity index (χ1n) is 4.79. The van der Waals surface area contributed by atoms with E-state index >= 15 is 0 Å². The van der Waals surface area contributed by atoms with Crippen LogP contribution < -0.4 is 10.5 Å². The van der Waals surface area contributed by atoms with Crippen molar-refractivity contribution in [1.82, 2.24) is 4.98 Å². The quantitative estimate of drug-likeness (QED) is 0.751. The molecule has 3 heteroatoms. The van der Waals surface area contributed by atoms with Gasteiger partial charge in [0.1, 0.15) is 5.75 Å². The number of aromatic nitrogens is 1. The highest BCUT2D eigenvalue weighted by Gasteiger charge is 2.09. The predicted molar refractivity (Wildman–Crippen MR) is 62.0 cm³/mol. The molecule has 2 aromatic rings. The van der Waals surface area contributed by atoms with Crippen LogP contribution in [-0.4, -0.2) is 12.1 Å². The molecule has 1 atom stereocenters. The van der Waals surface area contributed by atoms with Crippen LogP contribution in [0.25, 0.3) is 10.9 Å². The van der Waals surface area contributed by atoms with Gasteiger partial charge in [-0.05, 0) is 23.8 Å². The second-order valence-corrected chi connectivity index (χ2v) is 3.42. The maximum Gasteiger partial charge on any atom is 0.119 e. The summed E-state index contributed by atoms with van der Waals surface area (Å²) in [6.45, 7) is 3.70. The van der Waals surface area contributed by atoms with E-state index in [1.807, 2.05) is 24.4 Å². The molecular formula is C12H14N2O. The van der Waals surface area contributed by atoms with Crippen LogP contribution in [0.2, 0.25) is 0 Å². The van der Waals surface area contributed by atoms with Gasteiger partial charge < -0.3 is 15.5 Å². The molecule has 78 valence electrons. The van der Waals surface area contributed by atoms with Crippen molar-refractivity contribution in [2.75, 3.05) is 7.11 Å². The molecule has 0 aliphatic heterocycles. The summed E-state index contributed by atoms with van der Waals surface area (Å²) in [4.78, 5) is 3.17. The van der Waals surface area contributed by atoms with Crippen LogP contribution >= 0.6 is 0 Å². The van der Waals surface area contributed by atoms with E-state index in [0.717, 1.165) is 22.2 Å². The molecule has 0 unspecified atom stereocenters. The van der Waals surface area contributed by atoms with Crippen molar-refractivity contribution in [2.45, 2.75) is 6.04 Å². The van der Waals surface area contributed by atoms with E-state index in [1.165, 1.54) is 0 Å². The van der Waals surface area contributed by atoms with Crippen LogP contribution in [0.3, 0.4) is 0 Å². The minimum absolute atomic E-state index is 0.147. The fourth-order valence-electron chi connectivity index (χ4n) is 1.65. The number of ether oxygens (including phenoxy) is 1. The summed E-state index contributed by atoms with van der Waals surface area (Å²) >= 11 is 0. The van der Waals surface area contributed by atoms with Gasteiger partial charge in [0.05, 0.1) is 7.11 Å². The van der Waals surface area contributed by atoms with Gasteiger partial charge in [-0.25, -0.2) is 0 Å². The normalized spacial score (nSPS) is 12.7. The molecule has 0 aliphatic rings. The second-order valence-electron chi connectivity index (χ2n) is 3.42. The lowest BCUT2D eigenvalue weighted by Gasteiger charge is -2.05. The van der Waals surface area contributed by atoms with Crippen LogP contribution in [0, 0.1) is 0 Å². The summed E-state index contributed by atoms with van der Waals surface area (Å²) in [5.41, 5.74) is 8.02. The topological polar surface area (TPSA) is 51.0 Å². The van der Waals surface area contributed by atoms with Crippen molar-refractivity contribution >= 4 is 10.9 Å². The van der Waals surface area contributed by atoms with E-state index in [4.69, 9.17) is 10.5 Å². The highest BCUT2D eigenvalue weighted by atomic mass is 16.5. The van der Waals surface area contributed by atoms with Gasteiger partial charge in [0.25, 0.3) is 0 Å². The Balaban J connectivity index is 2.60. The largest absolute Gasteiger partial charge is 0.497 e. The number of nitrogens with two attached hydrogens (primary N) is 1. The molecule has 0 fully saturated rings. The van der Waals surface area contributed by atoms with E-state index in [-0.39, 0.29) is 6.04 Å². The van der Waals surface area contributed by atoms with Gasteiger partial charge in [-0.2, -0.15) is 0 Å². The first-order chi connectivity index (χ1) is 7.26. The van der Waals surface area contributed by atoms with Crippen molar-refractivity contribution in [3.63, 3.8) is 0 Å². The number of nitrogens with one attached hydrogen (secondary N) is 1. The maximum absolute atomic E-state index is 5.92. The molecular weight excluding hydrogens is 188 g/mol. The van der Waals surface area contributed by atoms with Gasteiger partial charge in [0.15, 0.2) is 0 Å². The zero-order valence-electron chi connectivity index (χ0n) is 8.66. The van der Waals surface area contributed by atoms with Crippen molar-refractivity contribution in [3.05, 3.63) is 42.6 Å². The lowest BCUT2D eigenvalue weighted by Crippen LogP contribution is -2.05. The van der Waals surface area contributed by atoms with E-state index in [1.54, 1.807) is 13.2 Å². The number of hydrogen-bond donors (Lipinski definition) is 2. The zero-order chi connectivity index (χ0) is 10.8. The Kier molecular flexibility index (Phi) is 2.47. The van der Waals surface area contributed by atoms with Crippen LogP contribution in [0.15, 0.2) is 37.1 Å². The SMILES string of the molecule is C=C[C@H](N)c1c[nH]c2ccc(OC)cc12. The molecule has 1 aromatic heterocycles. The van der Waals surface area contributed by atoms with E-state index in [9.17, 15) is 0 Å². The van der Waals surface area contributed by atoms with Gasteiger partial charge in [-0.3, -0.25) is 0 Å². The van der Waals surface area contributed by atoms with Crippen molar-refractivity contribution in [1.29, 1.82) is 0 Å². The summed E-state index contributed by atoms with van der Waals surface area (Å²) in [6, 6.07) is 5.73. The number of aromatic amines is 1. The Bertz CT molecular complexity index is 487. The lowest BCUT2D eigenvalue weighted by atomic mass is 10.1. The van der Waals surface area contributed by atoms with Crippen molar-refractivity contribution < 1.29 is 4.74 Å². The Morgan fingerprint density at radius 3 is 3.00 bits per heavy atom. The van der Waals surface area contributed by atoms with Crippen LogP contribution in [0.4, 0.5) is 0 Å². The number of hydrogen-bond acceptors (Lipinski definition) is 2. The third-order valence-corrected chi connectivity index (χ3v) is 2.53. The van der Waals surface area contributed by atoms with Crippen molar-refractivity contribution in [3.8, 4) is 5.75 Å². The molecule has 3 nitrogen and oxygen atoms in total. The summed E-state index contributed by atoms with van der Waals surface area (Å²) in [5.74, 6) is 0.833. The smallest absolute Gasteiger partial charge is 0.119 e. The molecule has 0 radical (unpaired) electrons. The molecule has 15 heavy (non-hydrogen) atoms. The Labute approximate surface area is 88.5 Å². The van der Waals surface area contributed by atoms with Crippen LogP contribution in [0.1, 0.15) is 11.6 Å². The molecule has 0 aliphatic carbocycles. The molecule has 0 saturated heterocycles. The maximum atomic E-state index is 5.92. The van der Waals surface area contributed by atoms with E-state index < -0.39 is 0 Å². The molecule has 0 bridgehead atoms. The minimum Gasteiger partial charge on any atom is -0.497 e. The molecule has 0 spiro atoms. The molecule has 0 amide bonds. The zero-order valence-corrected chi connectivity index (χ0v) is 8.66. The Morgan fingerprint density at radius 2 is 2.33 bits per heavy atom. The minimum atomic E-state index is -0.147.